The van der Waals surface area contributed by atoms with Crippen molar-refractivity contribution in [3.63, 3.8) is 0 Å². The molecular formula is C12H9ClN2O4. The van der Waals surface area contributed by atoms with E-state index in [9.17, 15) is 9.59 Å². The third kappa shape index (κ3) is 2.43. The lowest BCUT2D eigenvalue weighted by atomic mass is 10.1. The van der Waals surface area contributed by atoms with Crippen LogP contribution in [0.4, 0.5) is 10.6 Å². The number of nitrogens with zero attached hydrogens (tertiary/aromatic N) is 2. The van der Waals surface area contributed by atoms with E-state index in [2.05, 4.69) is 4.98 Å². The van der Waals surface area contributed by atoms with Crippen molar-refractivity contribution in [1.82, 2.24) is 4.98 Å². The summed E-state index contributed by atoms with van der Waals surface area (Å²) in [4.78, 5) is 26.9. The molecule has 98 valence electrons. The lowest BCUT2D eigenvalue weighted by Gasteiger charge is -2.15. The SMILES string of the molecule is CN(C(=O)O)c1nc2ccc(Cl)cc2cc1C(=O)O. The Morgan fingerprint density at radius 1 is 1.26 bits per heavy atom. The number of hydrogen-bond donors (Lipinski definition) is 2. The first kappa shape index (κ1) is 13.1. The molecular weight excluding hydrogens is 272 g/mol. The number of carboxylic acids is 1. The molecule has 0 radical (unpaired) electrons. The number of carbonyl (C=O) groups is 2. The first-order valence-electron chi connectivity index (χ1n) is 5.20. The van der Waals surface area contributed by atoms with E-state index in [1.54, 1.807) is 18.2 Å². The maximum Gasteiger partial charge on any atom is 0.412 e. The second-order valence-electron chi connectivity index (χ2n) is 3.84. The Kier molecular flexibility index (Phi) is 3.26. The molecule has 0 saturated carbocycles. The Hall–Kier alpha value is -2.34. The minimum atomic E-state index is -1.29. The number of halogens is 1. The van der Waals surface area contributed by atoms with Gasteiger partial charge >= 0.3 is 12.1 Å². The summed E-state index contributed by atoms with van der Waals surface area (Å²) in [6.07, 6.45) is -1.29. The van der Waals surface area contributed by atoms with E-state index in [4.69, 9.17) is 21.8 Å². The molecule has 1 heterocycles. The molecule has 0 saturated heterocycles. The summed E-state index contributed by atoms with van der Waals surface area (Å²) in [5.74, 6) is -1.38. The Morgan fingerprint density at radius 2 is 1.95 bits per heavy atom. The van der Waals surface area contributed by atoms with Gasteiger partial charge in [0.15, 0.2) is 5.82 Å². The van der Waals surface area contributed by atoms with Crippen molar-refractivity contribution in [3.05, 3.63) is 34.9 Å². The zero-order chi connectivity index (χ0) is 14.2. The molecule has 19 heavy (non-hydrogen) atoms. The topological polar surface area (TPSA) is 90.7 Å². The smallest absolute Gasteiger partial charge is 0.412 e. The van der Waals surface area contributed by atoms with Crippen LogP contribution in [-0.4, -0.2) is 34.3 Å². The van der Waals surface area contributed by atoms with Gasteiger partial charge < -0.3 is 10.2 Å². The summed E-state index contributed by atoms with van der Waals surface area (Å²) < 4.78 is 0. The minimum absolute atomic E-state index is 0.130. The Bertz CT molecular complexity index is 687. The molecule has 0 spiro atoms. The fourth-order valence-corrected chi connectivity index (χ4v) is 1.82. The van der Waals surface area contributed by atoms with Gasteiger partial charge in [-0.2, -0.15) is 0 Å². The maximum absolute atomic E-state index is 11.2. The monoisotopic (exact) mass is 280 g/mol. The zero-order valence-corrected chi connectivity index (χ0v) is 10.5. The number of fused-ring (bicyclic) bond motifs is 1. The number of carboxylic acid groups (broad SMARTS) is 2. The first-order chi connectivity index (χ1) is 8.90. The van der Waals surface area contributed by atoms with Crippen molar-refractivity contribution in [2.75, 3.05) is 11.9 Å². The second kappa shape index (κ2) is 4.74. The van der Waals surface area contributed by atoms with Crippen LogP contribution in [0.25, 0.3) is 10.9 Å². The van der Waals surface area contributed by atoms with Gasteiger partial charge in [-0.1, -0.05) is 11.6 Å². The summed E-state index contributed by atoms with van der Waals surface area (Å²) in [5.41, 5.74) is 0.275. The van der Waals surface area contributed by atoms with Crippen LogP contribution >= 0.6 is 11.6 Å². The van der Waals surface area contributed by atoms with Crippen LogP contribution in [0, 0.1) is 0 Å². The molecule has 2 aromatic rings. The molecule has 1 aromatic carbocycles. The normalized spacial score (nSPS) is 10.4. The van der Waals surface area contributed by atoms with E-state index in [1.807, 2.05) is 0 Å². The van der Waals surface area contributed by atoms with Crippen LogP contribution in [0.15, 0.2) is 24.3 Å². The van der Waals surface area contributed by atoms with Crippen molar-refractivity contribution in [3.8, 4) is 0 Å². The highest BCUT2D eigenvalue weighted by molar-refractivity contribution is 6.31. The molecule has 0 bridgehead atoms. The molecule has 0 unspecified atom stereocenters. The average Bonchev–Trinajstić information content (AvgIpc) is 2.35. The highest BCUT2D eigenvalue weighted by atomic mass is 35.5. The molecule has 0 fully saturated rings. The molecule has 2 N–H and O–H groups in total. The Balaban J connectivity index is 2.74. The van der Waals surface area contributed by atoms with Gasteiger partial charge in [0, 0.05) is 17.5 Å². The van der Waals surface area contributed by atoms with Crippen LogP contribution in [0.2, 0.25) is 5.02 Å². The highest BCUT2D eigenvalue weighted by Gasteiger charge is 2.20. The van der Waals surface area contributed by atoms with Crippen LogP contribution < -0.4 is 4.90 Å². The van der Waals surface area contributed by atoms with Gasteiger partial charge in [0.2, 0.25) is 0 Å². The van der Waals surface area contributed by atoms with Crippen LogP contribution in [-0.2, 0) is 0 Å². The zero-order valence-electron chi connectivity index (χ0n) is 9.79. The molecule has 2 rings (SSSR count). The van der Waals surface area contributed by atoms with E-state index in [1.165, 1.54) is 13.1 Å². The first-order valence-corrected chi connectivity index (χ1v) is 5.58. The minimum Gasteiger partial charge on any atom is -0.478 e. The molecule has 6 nitrogen and oxygen atoms in total. The van der Waals surface area contributed by atoms with Crippen molar-refractivity contribution in [1.29, 1.82) is 0 Å². The number of aromatic nitrogens is 1. The van der Waals surface area contributed by atoms with Crippen LogP contribution in [0.5, 0.6) is 0 Å². The average molecular weight is 281 g/mol. The van der Waals surface area contributed by atoms with Crippen LogP contribution in [0.1, 0.15) is 10.4 Å². The molecule has 0 atom stereocenters. The molecule has 0 aliphatic heterocycles. The maximum atomic E-state index is 11.2. The Labute approximate surface area is 112 Å². The lowest BCUT2D eigenvalue weighted by Crippen LogP contribution is -2.27. The number of benzene rings is 1. The summed E-state index contributed by atoms with van der Waals surface area (Å²) in [6.45, 7) is 0. The van der Waals surface area contributed by atoms with Crippen LogP contribution in [0.3, 0.4) is 0 Å². The number of aromatic carboxylic acids is 1. The van der Waals surface area contributed by atoms with Crippen molar-refractivity contribution < 1.29 is 19.8 Å². The van der Waals surface area contributed by atoms with E-state index in [0.717, 1.165) is 4.90 Å². The highest BCUT2D eigenvalue weighted by Crippen LogP contribution is 2.25. The summed E-state index contributed by atoms with van der Waals surface area (Å²) in [6, 6.07) is 6.12. The number of amides is 1. The van der Waals surface area contributed by atoms with E-state index in [0.29, 0.717) is 15.9 Å². The van der Waals surface area contributed by atoms with Gasteiger partial charge in [0.1, 0.15) is 5.56 Å². The predicted octanol–water partition coefficient (Wildman–Crippen LogP) is 2.70. The second-order valence-corrected chi connectivity index (χ2v) is 4.28. The van der Waals surface area contributed by atoms with Gasteiger partial charge in [0.25, 0.3) is 0 Å². The standard InChI is InChI=1S/C12H9ClN2O4/c1-15(12(18)19)10-8(11(16)17)5-6-4-7(13)2-3-9(6)14-10/h2-5H,1H3,(H,16,17)(H,18,19). The fourth-order valence-electron chi connectivity index (χ4n) is 1.64. The van der Waals surface area contributed by atoms with Gasteiger partial charge in [0.05, 0.1) is 5.52 Å². The van der Waals surface area contributed by atoms with Crippen molar-refractivity contribution in [2.45, 2.75) is 0 Å². The fraction of sp³-hybridized carbons (Fsp3) is 0.0833. The summed E-state index contributed by atoms with van der Waals surface area (Å²) >= 11 is 5.82. The van der Waals surface area contributed by atoms with Gasteiger partial charge in [-0.3, -0.25) is 4.90 Å². The third-order valence-electron chi connectivity index (χ3n) is 2.59. The van der Waals surface area contributed by atoms with Gasteiger partial charge in [-0.15, -0.1) is 0 Å². The third-order valence-corrected chi connectivity index (χ3v) is 2.83. The number of pyridine rings is 1. The van der Waals surface area contributed by atoms with Gasteiger partial charge in [-0.25, -0.2) is 14.6 Å². The molecule has 7 heteroatoms. The number of rotatable bonds is 2. The quantitative estimate of drug-likeness (QED) is 0.882. The summed E-state index contributed by atoms with van der Waals surface area (Å²) in [5, 5.41) is 19.0. The van der Waals surface area contributed by atoms with E-state index < -0.39 is 12.1 Å². The molecule has 1 amide bonds. The van der Waals surface area contributed by atoms with E-state index in [-0.39, 0.29) is 11.4 Å². The van der Waals surface area contributed by atoms with Gasteiger partial charge in [-0.05, 0) is 24.3 Å². The summed E-state index contributed by atoms with van der Waals surface area (Å²) in [7, 11) is 1.23. The largest absolute Gasteiger partial charge is 0.478 e. The molecule has 0 aliphatic rings. The Morgan fingerprint density at radius 3 is 2.53 bits per heavy atom. The number of anilines is 1. The number of hydrogen-bond acceptors (Lipinski definition) is 3. The molecule has 0 aliphatic carbocycles. The predicted molar refractivity (Wildman–Crippen MR) is 70.1 cm³/mol. The van der Waals surface area contributed by atoms with Crippen molar-refractivity contribution >= 4 is 40.4 Å². The van der Waals surface area contributed by atoms with Crippen molar-refractivity contribution in [2.24, 2.45) is 0 Å². The molecule has 1 aromatic heterocycles. The van der Waals surface area contributed by atoms with E-state index >= 15 is 0 Å². The lowest BCUT2D eigenvalue weighted by molar-refractivity contribution is 0.0697.